The van der Waals surface area contributed by atoms with Crippen molar-refractivity contribution in [1.82, 2.24) is 4.90 Å². The van der Waals surface area contributed by atoms with Gasteiger partial charge in [0.2, 0.25) is 0 Å². The molecule has 17 heavy (non-hydrogen) atoms. The fourth-order valence-electron chi connectivity index (χ4n) is 1.16. The summed E-state index contributed by atoms with van der Waals surface area (Å²) in [5.74, 6) is -0.795. The van der Waals surface area contributed by atoms with Crippen molar-refractivity contribution in [1.29, 1.82) is 0 Å². The first kappa shape index (κ1) is 13.6. The van der Waals surface area contributed by atoms with E-state index in [2.05, 4.69) is 9.73 Å². The van der Waals surface area contributed by atoms with Crippen LogP contribution in [0.1, 0.15) is 6.92 Å². The van der Waals surface area contributed by atoms with Crippen LogP contribution in [-0.4, -0.2) is 53.5 Å². The molecule has 2 amide bonds. The molecule has 1 aliphatic heterocycles. The average Bonchev–Trinajstić information content (AvgIpc) is 2.53. The summed E-state index contributed by atoms with van der Waals surface area (Å²) in [4.78, 5) is 28.0. The third-order valence-corrected chi connectivity index (χ3v) is 3.21. The number of rotatable bonds is 1. The van der Waals surface area contributed by atoms with Crippen LogP contribution in [0.5, 0.6) is 0 Å². The molecule has 0 aliphatic carbocycles. The molecule has 94 valence electrons. The maximum atomic E-state index is 11.5. The lowest BCUT2D eigenvalue weighted by atomic mass is 10.2. The summed E-state index contributed by atoms with van der Waals surface area (Å²) >= 11 is 1.15. The van der Waals surface area contributed by atoms with E-state index in [1.165, 1.54) is 12.0 Å². The average molecular weight is 258 g/mol. The van der Waals surface area contributed by atoms with E-state index >= 15 is 0 Å². The Kier molecular flexibility index (Phi) is 4.17. The minimum atomic E-state index is -0.690. The van der Waals surface area contributed by atoms with Gasteiger partial charge in [0.05, 0.1) is 12.4 Å². The second kappa shape index (κ2) is 5.22. The number of aliphatic imine (C=N–C) groups is 1. The Labute approximate surface area is 103 Å². The first-order valence-corrected chi connectivity index (χ1v) is 5.74. The molecule has 7 heteroatoms. The monoisotopic (exact) mass is 258 g/mol. The van der Waals surface area contributed by atoms with Crippen LogP contribution in [0.3, 0.4) is 0 Å². The third-order valence-electron chi connectivity index (χ3n) is 2.11. The molecule has 1 heterocycles. The zero-order valence-electron chi connectivity index (χ0n) is 10.1. The molecule has 0 aromatic carbocycles. The maximum absolute atomic E-state index is 11.5. The number of amides is 2. The van der Waals surface area contributed by atoms with Gasteiger partial charge in [-0.15, -0.1) is 0 Å². The molecule has 0 bridgehead atoms. The smallest absolute Gasteiger partial charge is 0.344 e. The van der Waals surface area contributed by atoms with Gasteiger partial charge in [-0.05, 0) is 6.92 Å². The number of thioether (sulfide) groups is 1. The molecule has 1 aliphatic rings. The number of carbonyl (C=O) groups is 2. The van der Waals surface area contributed by atoms with Gasteiger partial charge in [-0.3, -0.25) is 0 Å². The van der Waals surface area contributed by atoms with Crippen LogP contribution in [0, 0.1) is 0 Å². The van der Waals surface area contributed by atoms with Gasteiger partial charge in [0.25, 0.3) is 0 Å². The van der Waals surface area contributed by atoms with Gasteiger partial charge < -0.3 is 14.7 Å². The fraction of sp³-hybridized carbons (Fsp3) is 0.500. The molecule has 6 nitrogen and oxygen atoms in total. The number of methoxy groups -OCH3 is 1. The Bertz CT molecular complexity index is 415. The van der Waals surface area contributed by atoms with Crippen molar-refractivity contribution in [3.8, 4) is 0 Å². The number of esters is 1. The van der Waals surface area contributed by atoms with Gasteiger partial charge in [0.15, 0.2) is 0 Å². The molecule has 1 atom stereocenters. The summed E-state index contributed by atoms with van der Waals surface area (Å²) in [5, 5.41) is 9.62. The van der Waals surface area contributed by atoms with Crippen LogP contribution < -0.4 is 0 Å². The van der Waals surface area contributed by atoms with Crippen molar-refractivity contribution in [2.24, 2.45) is 4.99 Å². The standard InChI is InChI=1S/C10H14N2O4S/c1-5-7(13)6(9(14)16-4)8(17-5)11-10(15)12(2)3/h5,13H,1-4H3/b11-8+. The number of hydrogen-bond acceptors (Lipinski definition) is 5. The summed E-state index contributed by atoms with van der Waals surface area (Å²) < 4.78 is 4.55. The maximum Gasteiger partial charge on any atom is 0.344 e. The lowest BCUT2D eigenvalue weighted by Crippen LogP contribution is -2.20. The molecule has 0 spiro atoms. The van der Waals surface area contributed by atoms with Gasteiger partial charge in [-0.25, -0.2) is 9.59 Å². The summed E-state index contributed by atoms with van der Waals surface area (Å²) in [7, 11) is 4.31. The second-order valence-corrected chi connectivity index (χ2v) is 4.94. The van der Waals surface area contributed by atoms with Crippen molar-refractivity contribution in [2.75, 3.05) is 21.2 Å². The van der Waals surface area contributed by atoms with Crippen LogP contribution in [0.2, 0.25) is 0 Å². The van der Waals surface area contributed by atoms with Gasteiger partial charge in [0, 0.05) is 14.1 Å². The van der Waals surface area contributed by atoms with Crippen LogP contribution >= 0.6 is 11.8 Å². The molecular formula is C10H14N2O4S. The largest absolute Gasteiger partial charge is 0.510 e. The van der Waals surface area contributed by atoms with Crippen LogP contribution in [0.25, 0.3) is 0 Å². The lowest BCUT2D eigenvalue weighted by Gasteiger charge is -2.06. The molecule has 1 rings (SSSR count). The van der Waals surface area contributed by atoms with Crippen molar-refractivity contribution >= 4 is 28.8 Å². The van der Waals surface area contributed by atoms with Crippen molar-refractivity contribution < 1.29 is 19.4 Å². The highest BCUT2D eigenvalue weighted by molar-refractivity contribution is 8.15. The van der Waals surface area contributed by atoms with E-state index in [-0.39, 0.29) is 21.6 Å². The first-order valence-electron chi connectivity index (χ1n) is 4.87. The molecule has 0 aromatic rings. The summed E-state index contributed by atoms with van der Waals surface area (Å²) in [5.41, 5.74) is -0.0276. The zero-order chi connectivity index (χ0) is 13.2. The van der Waals surface area contributed by atoms with Crippen LogP contribution in [-0.2, 0) is 9.53 Å². The predicted molar refractivity (Wildman–Crippen MR) is 65.2 cm³/mol. The van der Waals surface area contributed by atoms with Gasteiger partial charge in [-0.2, -0.15) is 4.99 Å². The van der Waals surface area contributed by atoms with E-state index in [9.17, 15) is 14.7 Å². The summed E-state index contributed by atoms with van der Waals surface area (Å²) in [6.07, 6.45) is 0. The van der Waals surface area contributed by atoms with Crippen molar-refractivity contribution in [3.63, 3.8) is 0 Å². The molecule has 1 unspecified atom stereocenters. The van der Waals surface area contributed by atoms with E-state index in [4.69, 9.17) is 0 Å². The predicted octanol–water partition coefficient (Wildman–Crippen LogP) is 1.19. The van der Waals surface area contributed by atoms with E-state index < -0.39 is 12.0 Å². The van der Waals surface area contributed by atoms with E-state index in [1.807, 2.05) is 0 Å². The van der Waals surface area contributed by atoms with Crippen LogP contribution in [0.4, 0.5) is 4.79 Å². The minimum Gasteiger partial charge on any atom is -0.510 e. The molecular weight excluding hydrogens is 244 g/mol. The van der Waals surface area contributed by atoms with E-state index in [0.29, 0.717) is 0 Å². The summed E-state index contributed by atoms with van der Waals surface area (Å²) in [6.45, 7) is 1.71. The van der Waals surface area contributed by atoms with Crippen molar-refractivity contribution in [2.45, 2.75) is 12.2 Å². The Morgan fingerprint density at radius 1 is 1.47 bits per heavy atom. The zero-order valence-corrected chi connectivity index (χ0v) is 10.9. The Balaban J connectivity index is 3.11. The SMILES string of the molecule is COC(=O)C1=C(O)C(C)S/C1=N/C(=O)N(C)C. The Morgan fingerprint density at radius 2 is 2.06 bits per heavy atom. The number of ether oxygens (including phenoxy) is 1. The molecule has 0 aromatic heterocycles. The highest BCUT2D eigenvalue weighted by Gasteiger charge is 2.34. The molecule has 0 saturated carbocycles. The summed E-state index contributed by atoms with van der Waals surface area (Å²) in [6, 6.07) is -0.490. The number of nitrogens with zero attached hydrogens (tertiary/aromatic N) is 2. The highest BCUT2D eigenvalue weighted by Crippen LogP contribution is 2.34. The van der Waals surface area contributed by atoms with Crippen LogP contribution in [0.15, 0.2) is 16.3 Å². The molecule has 0 radical (unpaired) electrons. The molecule has 0 saturated heterocycles. The minimum absolute atomic E-state index is 0.0276. The fourth-order valence-corrected chi connectivity index (χ4v) is 2.16. The topological polar surface area (TPSA) is 79.2 Å². The Hall–Kier alpha value is -1.50. The van der Waals surface area contributed by atoms with E-state index in [1.54, 1.807) is 21.0 Å². The number of urea groups is 1. The number of hydrogen-bond donors (Lipinski definition) is 1. The number of aliphatic hydroxyl groups excluding tert-OH is 1. The second-order valence-electron chi connectivity index (χ2n) is 3.61. The van der Waals surface area contributed by atoms with Gasteiger partial charge in [-0.1, -0.05) is 11.8 Å². The normalized spacial score (nSPS) is 21.9. The number of aliphatic hydroxyl groups is 1. The first-order chi connectivity index (χ1) is 7.88. The highest BCUT2D eigenvalue weighted by atomic mass is 32.2. The quantitative estimate of drug-likeness (QED) is 0.715. The van der Waals surface area contributed by atoms with Gasteiger partial charge >= 0.3 is 12.0 Å². The number of carbonyl (C=O) groups excluding carboxylic acids is 2. The van der Waals surface area contributed by atoms with E-state index in [0.717, 1.165) is 11.8 Å². The third kappa shape index (κ3) is 2.79. The van der Waals surface area contributed by atoms with Gasteiger partial charge in [0.1, 0.15) is 16.4 Å². The Morgan fingerprint density at radius 3 is 2.53 bits per heavy atom. The lowest BCUT2D eigenvalue weighted by molar-refractivity contribution is -0.135. The molecule has 0 fully saturated rings. The molecule has 1 N–H and O–H groups in total. The van der Waals surface area contributed by atoms with Crippen molar-refractivity contribution in [3.05, 3.63) is 11.3 Å².